The maximum Gasteiger partial charge on any atom is 0.407 e. The number of amides is 1. The molecule has 3 atom stereocenters. The average molecular weight is 288 g/mol. The molecule has 1 heterocycles. The number of likely N-dealkylation sites (tertiary alicyclic amines) is 1. The Morgan fingerprint density at radius 2 is 2.05 bits per heavy atom. The van der Waals surface area contributed by atoms with E-state index in [9.17, 15) is 9.35 Å². The zero-order chi connectivity index (χ0) is 14.8. The molecule has 0 unspecified atom stereocenters. The first-order valence-electron chi connectivity index (χ1n) is 6.58. The number of carboxylic acid groups (broad SMARTS) is 1. The van der Waals surface area contributed by atoms with Crippen molar-refractivity contribution in [3.63, 3.8) is 0 Å². The highest BCUT2D eigenvalue weighted by Gasteiger charge is 2.33. The molecule has 1 rings (SSSR count). The Morgan fingerprint density at radius 1 is 1.47 bits per heavy atom. The summed E-state index contributed by atoms with van der Waals surface area (Å²) in [5.41, 5.74) is 0.880. The molecule has 1 amide bonds. The van der Waals surface area contributed by atoms with Gasteiger partial charge in [-0.2, -0.15) is 0 Å². The molecule has 6 heteroatoms. The number of hydrogen-bond donors (Lipinski definition) is 1. The third-order valence-electron chi connectivity index (χ3n) is 3.46. The van der Waals surface area contributed by atoms with Crippen LogP contribution in [0.3, 0.4) is 0 Å². The number of rotatable bonds is 2. The Morgan fingerprint density at radius 3 is 2.47 bits per heavy atom. The van der Waals surface area contributed by atoms with E-state index in [4.69, 9.17) is 5.11 Å². The van der Waals surface area contributed by atoms with Crippen molar-refractivity contribution in [2.45, 2.75) is 45.8 Å². The molecular formula is C13H24N2O3S. The summed E-state index contributed by atoms with van der Waals surface area (Å²) in [5, 5.41) is 8.98. The minimum absolute atomic E-state index is 0.213. The van der Waals surface area contributed by atoms with Crippen LogP contribution in [0.15, 0.2) is 4.40 Å². The summed E-state index contributed by atoms with van der Waals surface area (Å²) in [6.07, 6.45) is -0.109. The summed E-state index contributed by atoms with van der Waals surface area (Å²) in [7, 11) is 0. The topological polar surface area (TPSA) is 76.0 Å². The summed E-state index contributed by atoms with van der Waals surface area (Å²) >= 11 is -1.24. The van der Waals surface area contributed by atoms with Crippen molar-refractivity contribution in [3.8, 4) is 0 Å². The van der Waals surface area contributed by atoms with Gasteiger partial charge in [-0.25, -0.2) is 4.79 Å². The van der Waals surface area contributed by atoms with Crippen LogP contribution in [0.25, 0.3) is 0 Å². The molecule has 1 N–H and O–H groups in total. The number of piperidine rings is 1. The first-order valence-corrected chi connectivity index (χ1v) is 7.68. The molecule has 1 aliphatic heterocycles. The quantitative estimate of drug-likeness (QED) is 0.626. The lowest BCUT2D eigenvalue weighted by molar-refractivity contribution is 0.114. The Kier molecular flexibility index (Phi) is 5.26. The summed E-state index contributed by atoms with van der Waals surface area (Å²) in [6.45, 7) is 10.7. The van der Waals surface area contributed by atoms with Gasteiger partial charge in [0.1, 0.15) is 16.1 Å². The fourth-order valence-electron chi connectivity index (χ4n) is 2.28. The largest absolute Gasteiger partial charge is 0.591 e. The van der Waals surface area contributed by atoms with Gasteiger partial charge in [-0.1, -0.05) is 11.3 Å². The third-order valence-corrected chi connectivity index (χ3v) is 4.96. The molecule has 0 aromatic rings. The molecule has 19 heavy (non-hydrogen) atoms. The Labute approximate surface area is 118 Å². The molecule has 110 valence electrons. The van der Waals surface area contributed by atoms with Crippen molar-refractivity contribution >= 4 is 23.2 Å². The van der Waals surface area contributed by atoms with Gasteiger partial charge in [0.2, 0.25) is 0 Å². The lowest BCUT2D eigenvalue weighted by Crippen LogP contribution is -2.44. The number of hydrogen-bond acceptors (Lipinski definition) is 3. The summed E-state index contributed by atoms with van der Waals surface area (Å²) < 4.78 is 16.0. The van der Waals surface area contributed by atoms with E-state index in [1.165, 1.54) is 4.90 Å². The van der Waals surface area contributed by atoms with Crippen LogP contribution in [0.2, 0.25) is 0 Å². The Bertz CT molecular complexity index is 365. The van der Waals surface area contributed by atoms with Gasteiger partial charge in [-0.15, -0.1) is 0 Å². The second-order valence-corrected chi connectivity index (χ2v) is 8.10. The summed E-state index contributed by atoms with van der Waals surface area (Å²) in [6, 6.07) is 0. The molecular weight excluding hydrogens is 264 g/mol. The van der Waals surface area contributed by atoms with Crippen LogP contribution in [-0.2, 0) is 11.4 Å². The number of nitrogens with zero attached hydrogens (tertiary/aromatic N) is 2. The minimum Gasteiger partial charge on any atom is -0.591 e. The first kappa shape index (κ1) is 16.3. The van der Waals surface area contributed by atoms with Crippen molar-refractivity contribution in [2.24, 2.45) is 16.2 Å². The van der Waals surface area contributed by atoms with Crippen LogP contribution >= 0.6 is 0 Å². The van der Waals surface area contributed by atoms with Crippen LogP contribution < -0.4 is 0 Å². The zero-order valence-electron chi connectivity index (χ0n) is 12.3. The Hall–Kier alpha value is -0.750. The van der Waals surface area contributed by atoms with Gasteiger partial charge in [0.05, 0.1) is 5.71 Å². The molecule has 0 radical (unpaired) electrons. The predicted octanol–water partition coefficient (Wildman–Crippen LogP) is 2.55. The molecule has 0 aliphatic carbocycles. The second kappa shape index (κ2) is 6.13. The van der Waals surface area contributed by atoms with Crippen LogP contribution in [0, 0.1) is 11.8 Å². The maximum atomic E-state index is 12.0. The molecule has 1 saturated heterocycles. The highest BCUT2D eigenvalue weighted by Crippen LogP contribution is 2.26. The van der Waals surface area contributed by atoms with Gasteiger partial charge >= 0.3 is 6.09 Å². The van der Waals surface area contributed by atoms with E-state index in [1.807, 2.05) is 34.6 Å². The van der Waals surface area contributed by atoms with Crippen molar-refractivity contribution < 1.29 is 14.5 Å². The zero-order valence-corrected chi connectivity index (χ0v) is 13.2. The normalized spacial score (nSPS) is 27.3. The molecule has 0 saturated carbocycles. The average Bonchev–Trinajstić information content (AvgIpc) is 2.26. The molecule has 0 aromatic heterocycles. The van der Waals surface area contributed by atoms with E-state index in [0.717, 1.165) is 12.1 Å². The van der Waals surface area contributed by atoms with Crippen LogP contribution in [0.4, 0.5) is 4.79 Å². The second-order valence-electron chi connectivity index (χ2n) is 6.20. The highest BCUT2D eigenvalue weighted by molar-refractivity contribution is 7.91. The summed E-state index contributed by atoms with van der Waals surface area (Å²) in [5.74, 6) is 0.437. The van der Waals surface area contributed by atoms with E-state index < -0.39 is 17.5 Å². The SMILES string of the molecule is C/C(=N\[S@@+]([O-])C(C)(C)C)[C@@H]1CCN(C(=O)O)C[C@@H]1C. The fraction of sp³-hybridized carbons (Fsp3) is 0.846. The smallest absolute Gasteiger partial charge is 0.407 e. The third kappa shape index (κ3) is 4.38. The van der Waals surface area contributed by atoms with Crippen molar-refractivity contribution in [1.82, 2.24) is 4.90 Å². The monoisotopic (exact) mass is 288 g/mol. The summed E-state index contributed by atoms with van der Waals surface area (Å²) in [4.78, 5) is 12.4. The fourth-order valence-corrected chi connectivity index (χ4v) is 2.95. The van der Waals surface area contributed by atoms with Crippen LogP contribution in [-0.4, -0.2) is 44.2 Å². The van der Waals surface area contributed by atoms with Crippen molar-refractivity contribution in [1.29, 1.82) is 0 Å². The van der Waals surface area contributed by atoms with Crippen LogP contribution in [0.5, 0.6) is 0 Å². The van der Waals surface area contributed by atoms with E-state index in [0.29, 0.717) is 13.1 Å². The van der Waals surface area contributed by atoms with E-state index >= 15 is 0 Å². The first-order chi connectivity index (χ1) is 8.62. The van der Waals surface area contributed by atoms with E-state index in [1.54, 1.807) is 0 Å². The predicted molar refractivity (Wildman–Crippen MR) is 77.9 cm³/mol. The van der Waals surface area contributed by atoms with Gasteiger partial charge in [-0.3, -0.25) is 0 Å². The molecule has 1 fully saturated rings. The lowest BCUT2D eigenvalue weighted by atomic mass is 9.84. The van der Waals surface area contributed by atoms with Gasteiger partial charge in [-0.05, 0) is 40.0 Å². The standard InChI is InChI=1S/C13H24N2O3S/c1-9-8-15(12(16)17)7-6-11(9)10(2)14-19(18)13(3,4)5/h9,11H,6-8H2,1-5H3,(H,16,17)/b14-10+/t9-,11+,19-/m0/s1. The van der Waals surface area contributed by atoms with Gasteiger partial charge in [0.25, 0.3) is 0 Å². The molecule has 0 aromatic carbocycles. The van der Waals surface area contributed by atoms with Crippen molar-refractivity contribution in [3.05, 3.63) is 0 Å². The van der Waals surface area contributed by atoms with Crippen molar-refractivity contribution in [2.75, 3.05) is 13.1 Å². The minimum atomic E-state index is -1.24. The van der Waals surface area contributed by atoms with Gasteiger partial charge < -0.3 is 14.6 Å². The van der Waals surface area contributed by atoms with Gasteiger partial charge in [0, 0.05) is 19.0 Å². The molecule has 1 aliphatic rings. The molecule has 5 nitrogen and oxygen atoms in total. The van der Waals surface area contributed by atoms with E-state index in [2.05, 4.69) is 4.40 Å². The Balaban J connectivity index is 2.71. The molecule has 0 spiro atoms. The van der Waals surface area contributed by atoms with E-state index in [-0.39, 0.29) is 16.6 Å². The number of carbonyl (C=O) groups is 1. The van der Waals surface area contributed by atoms with Crippen LogP contribution in [0.1, 0.15) is 41.0 Å². The van der Waals surface area contributed by atoms with Gasteiger partial charge in [0.15, 0.2) is 0 Å². The lowest BCUT2D eigenvalue weighted by Gasteiger charge is -2.35. The maximum absolute atomic E-state index is 12.0. The molecule has 0 bridgehead atoms. The highest BCUT2D eigenvalue weighted by atomic mass is 32.2.